The van der Waals surface area contributed by atoms with E-state index in [0.29, 0.717) is 0 Å². The molecule has 0 atom stereocenters. The molecule has 0 amide bonds. The van der Waals surface area contributed by atoms with Crippen LogP contribution in [0.2, 0.25) is 5.02 Å². The molecule has 0 aliphatic rings. The molecule has 4 aromatic rings. The van der Waals surface area contributed by atoms with E-state index in [9.17, 15) is 0 Å². The van der Waals surface area contributed by atoms with Crippen molar-refractivity contribution in [3.05, 3.63) is 90.0 Å². The lowest BCUT2D eigenvalue weighted by Gasteiger charge is -2.12. The largest absolute Gasteiger partial charge is 0.497 e. The van der Waals surface area contributed by atoms with E-state index >= 15 is 0 Å². The molecule has 0 aliphatic carbocycles. The molecule has 0 heterocycles. The van der Waals surface area contributed by atoms with Crippen LogP contribution in [-0.4, -0.2) is 7.11 Å². The van der Waals surface area contributed by atoms with Crippen molar-refractivity contribution in [3.63, 3.8) is 0 Å². The first-order valence-electron chi connectivity index (χ1n) is 8.10. The van der Waals surface area contributed by atoms with Crippen LogP contribution in [0.4, 0.5) is 0 Å². The summed E-state index contributed by atoms with van der Waals surface area (Å²) < 4.78 is 5.27. The molecule has 4 rings (SSSR count). The predicted molar refractivity (Wildman–Crippen MR) is 105 cm³/mol. The molecule has 25 heavy (non-hydrogen) atoms. The number of rotatable bonds is 3. The summed E-state index contributed by atoms with van der Waals surface area (Å²) in [5.41, 5.74) is 4.15. The Hall–Kier alpha value is -2.77. The number of ether oxygens (including phenoxy) is 1. The van der Waals surface area contributed by atoms with Crippen LogP contribution >= 0.6 is 11.6 Å². The molecule has 121 valence electrons. The number of benzene rings is 4. The quantitative estimate of drug-likeness (QED) is 0.405. The van der Waals surface area contributed by atoms with Gasteiger partial charge in [0.05, 0.1) is 7.11 Å². The second kappa shape index (κ2) is 6.62. The van der Waals surface area contributed by atoms with Gasteiger partial charge in [-0.1, -0.05) is 66.2 Å². The van der Waals surface area contributed by atoms with E-state index < -0.39 is 0 Å². The third-order valence-electron chi connectivity index (χ3n) is 4.33. The molecular formula is C23H16ClO. The fourth-order valence-corrected chi connectivity index (χ4v) is 3.29. The second-order valence-electron chi connectivity index (χ2n) is 5.85. The summed E-state index contributed by atoms with van der Waals surface area (Å²) in [6.07, 6.45) is 0. The Morgan fingerprint density at radius 2 is 1.56 bits per heavy atom. The molecule has 0 unspecified atom stereocenters. The Balaban J connectivity index is 1.97. The molecule has 2 heteroatoms. The van der Waals surface area contributed by atoms with Gasteiger partial charge in [0.25, 0.3) is 0 Å². The Labute approximate surface area is 152 Å². The van der Waals surface area contributed by atoms with E-state index in [4.69, 9.17) is 16.3 Å². The Kier molecular flexibility index (Phi) is 4.17. The summed E-state index contributed by atoms with van der Waals surface area (Å²) in [4.78, 5) is 0. The first-order chi connectivity index (χ1) is 12.3. The highest BCUT2D eigenvalue weighted by atomic mass is 35.5. The van der Waals surface area contributed by atoms with Gasteiger partial charge >= 0.3 is 0 Å². The molecule has 0 aliphatic heterocycles. The zero-order valence-corrected chi connectivity index (χ0v) is 14.5. The monoisotopic (exact) mass is 343 g/mol. The average molecular weight is 344 g/mol. The van der Waals surface area contributed by atoms with E-state index in [2.05, 4.69) is 48.5 Å². The SMILES string of the molecule is COc1ccc(-c2[c]c(-c3ccccc3Cl)cc3ccccc23)cc1. The van der Waals surface area contributed by atoms with Crippen LogP contribution in [0.3, 0.4) is 0 Å². The third-order valence-corrected chi connectivity index (χ3v) is 4.66. The van der Waals surface area contributed by atoms with Gasteiger partial charge in [-0.15, -0.1) is 0 Å². The highest BCUT2D eigenvalue weighted by Crippen LogP contribution is 2.36. The van der Waals surface area contributed by atoms with Crippen LogP contribution in [0.25, 0.3) is 33.0 Å². The van der Waals surface area contributed by atoms with E-state index in [0.717, 1.165) is 33.0 Å². The van der Waals surface area contributed by atoms with Gasteiger partial charge in [-0.2, -0.15) is 0 Å². The third kappa shape index (κ3) is 2.99. The fraction of sp³-hybridized carbons (Fsp3) is 0.0435. The maximum atomic E-state index is 6.41. The first-order valence-corrected chi connectivity index (χ1v) is 8.48. The number of fused-ring (bicyclic) bond motifs is 1. The van der Waals surface area contributed by atoms with Gasteiger partial charge in [0.2, 0.25) is 0 Å². The van der Waals surface area contributed by atoms with Crippen LogP contribution in [0.15, 0.2) is 78.9 Å². The number of halogens is 1. The molecule has 0 fully saturated rings. The molecule has 1 nitrogen and oxygen atoms in total. The van der Waals surface area contributed by atoms with Gasteiger partial charge in [-0.05, 0) is 57.8 Å². The minimum atomic E-state index is 0.731. The van der Waals surface area contributed by atoms with Gasteiger partial charge in [0, 0.05) is 10.6 Å². The molecule has 1 radical (unpaired) electrons. The lowest BCUT2D eigenvalue weighted by molar-refractivity contribution is 0.415. The minimum absolute atomic E-state index is 0.731. The van der Waals surface area contributed by atoms with Crippen molar-refractivity contribution in [1.82, 2.24) is 0 Å². The highest BCUT2D eigenvalue weighted by Gasteiger charge is 2.10. The zero-order valence-electron chi connectivity index (χ0n) is 13.8. The second-order valence-corrected chi connectivity index (χ2v) is 6.26. The van der Waals surface area contributed by atoms with Crippen molar-refractivity contribution in [1.29, 1.82) is 0 Å². The summed E-state index contributed by atoms with van der Waals surface area (Å²) >= 11 is 6.41. The van der Waals surface area contributed by atoms with Crippen LogP contribution in [-0.2, 0) is 0 Å². The van der Waals surface area contributed by atoms with Crippen LogP contribution in [0.1, 0.15) is 0 Å². The minimum Gasteiger partial charge on any atom is -0.497 e. The van der Waals surface area contributed by atoms with Gasteiger partial charge in [-0.25, -0.2) is 0 Å². The topological polar surface area (TPSA) is 9.23 Å². The molecule has 0 saturated heterocycles. The molecule has 4 aromatic carbocycles. The summed E-state index contributed by atoms with van der Waals surface area (Å²) in [6.45, 7) is 0. The molecule has 0 spiro atoms. The molecule has 0 aromatic heterocycles. The van der Waals surface area contributed by atoms with E-state index in [-0.39, 0.29) is 0 Å². The molecule has 0 N–H and O–H groups in total. The smallest absolute Gasteiger partial charge is 0.118 e. The Morgan fingerprint density at radius 3 is 2.32 bits per heavy atom. The van der Waals surface area contributed by atoms with E-state index in [1.165, 1.54) is 10.8 Å². The van der Waals surface area contributed by atoms with Crippen molar-refractivity contribution >= 4 is 22.4 Å². The lowest BCUT2D eigenvalue weighted by Crippen LogP contribution is -1.88. The maximum Gasteiger partial charge on any atom is 0.118 e. The molecular weight excluding hydrogens is 328 g/mol. The van der Waals surface area contributed by atoms with Crippen LogP contribution in [0.5, 0.6) is 5.75 Å². The number of hydrogen-bond donors (Lipinski definition) is 0. The lowest BCUT2D eigenvalue weighted by atomic mass is 9.93. The summed E-state index contributed by atoms with van der Waals surface area (Å²) in [6, 6.07) is 30.0. The Bertz CT molecular complexity index is 1040. The normalized spacial score (nSPS) is 10.8. The predicted octanol–water partition coefficient (Wildman–Crippen LogP) is 6.64. The summed E-state index contributed by atoms with van der Waals surface area (Å²) in [5.74, 6) is 0.843. The van der Waals surface area contributed by atoms with Crippen molar-refractivity contribution < 1.29 is 4.74 Å². The highest BCUT2D eigenvalue weighted by molar-refractivity contribution is 6.33. The van der Waals surface area contributed by atoms with Crippen molar-refractivity contribution in [3.8, 4) is 28.0 Å². The average Bonchev–Trinajstić information content (AvgIpc) is 2.67. The van der Waals surface area contributed by atoms with E-state index in [1.807, 2.05) is 36.4 Å². The maximum absolute atomic E-state index is 6.41. The van der Waals surface area contributed by atoms with Crippen molar-refractivity contribution in [2.24, 2.45) is 0 Å². The fourth-order valence-electron chi connectivity index (χ4n) is 3.05. The number of methoxy groups -OCH3 is 1. The number of hydrogen-bond acceptors (Lipinski definition) is 1. The van der Waals surface area contributed by atoms with Gasteiger partial charge in [0.1, 0.15) is 5.75 Å². The van der Waals surface area contributed by atoms with Crippen LogP contribution < -0.4 is 4.74 Å². The van der Waals surface area contributed by atoms with Gasteiger partial charge in [0.15, 0.2) is 0 Å². The first kappa shape index (κ1) is 15.7. The zero-order chi connectivity index (χ0) is 17.2. The van der Waals surface area contributed by atoms with Crippen LogP contribution in [0, 0.1) is 6.07 Å². The van der Waals surface area contributed by atoms with Crippen molar-refractivity contribution in [2.75, 3.05) is 7.11 Å². The van der Waals surface area contributed by atoms with E-state index in [1.54, 1.807) is 7.11 Å². The Morgan fingerprint density at radius 1 is 0.840 bits per heavy atom. The molecule has 0 bridgehead atoms. The van der Waals surface area contributed by atoms with Crippen molar-refractivity contribution in [2.45, 2.75) is 0 Å². The van der Waals surface area contributed by atoms with Gasteiger partial charge < -0.3 is 4.74 Å². The van der Waals surface area contributed by atoms with Gasteiger partial charge in [-0.3, -0.25) is 0 Å². The summed E-state index contributed by atoms with van der Waals surface area (Å²) in [7, 11) is 1.68. The summed E-state index contributed by atoms with van der Waals surface area (Å²) in [5, 5.41) is 3.07. The molecule has 0 saturated carbocycles. The standard InChI is InChI=1S/C23H16ClO/c1-25-19-12-10-16(11-13-19)22-15-18(21-8-4-5-9-23(21)24)14-17-6-2-3-7-20(17)22/h2-14H,1H3.